The van der Waals surface area contributed by atoms with E-state index < -0.39 is 0 Å². The normalized spacial score (nSPS) is 10.0. The molecule has 4 aromatic carbocycles. The molecule has 0 saturated carbocycles. The van der Waals surface area contributed by atoms with Crippen LogP contribution in [0.2, 0.25) is 0 Å². The Labute approximate surface area is 333 Å². The third-order valence-corrected chi connectivity index (χ3v) is 9.74. The van der Waals surface area contributed by atoms with E-state index in [9.17, 15) is 0 Å². The van der Waals surface area contributed by atoms with Crippen molar-refractivity contribution < 1.29 is 42.1 Å². The predicted molar refractivity (Wildman–Crippen MR) is 200 cm³/mol. The molecular formula is C44H28N4Pt2Se. The van der Waals surface area contributed by atoms with Crippen molar-refractivity contribution in [3.05, 3.63) is 195 Å². The van der Waals surface area contributed by atoms with Crippen LogP contribution in [0, 0.1) is 24.3 Å². The van der Waals surface area contributed by atoms with Crippen LogP contribution in [0.4, 0.5) is 0 Å². The van der Waals surface area contributed by atoms with Gasteiger partial charge < -0.3 is 0 Å². The quantitative estimate of drug-likeness (QED) is 0.130. The van der Waals surface area contributed by atoms with E-state index in [2.05, 4.69) is 68.5 Å². The molecule has 0 unspecified atom stereocenters. The Morgan fingerprint density at radius 3 is 1.37 bits per heavy atom. The first-order valence-electron chi connectivity index (χ1n) is 15.7. The maximum atomic E-state index is 4.62. The average molecular weight is 1080 g/mol. The van der Waals surface area contributed by atoms with Gasteiger partial charge in [-0.05, 0) is 36.0 Å². The second-order valence-corrected chi connectivity index (χ2v) is 12.9. The second kappa shape index (κ2) is 19.1. The van der Waals surface area contributed by atoms with Crippen molar-refractivity contribution in [1.82, 2.24) is 19.9 Å². The zero-order chi connectivity index (χ0) is 33.1. The van der Waals surface area contributed by atoms with E-state index in [-0.39, 0.29) is 42.1 Å². The molecule has 0 amide bonds. The predicted octanol–water partition coefficient (Wildman–Crippen LogP) is 9.87. The molecule has 0 aliphatic carbocycles. The largest absolute Gasteiger partial charge is 0.295 e. The Morgan fingerprint density at radius 1 is 0.373 bits per heavy atom. The summed E-state index contributed by atoms with van der Waals surface area (Å²) in [6, 6.07) is 62.9. The van der Waals surface area contributed by atoms with Crippen LogP contribution in [0.5, 0.6) is 0 Å². The summed E-state index contributed by atoms with van der Waals surface area (Å²) >= 11 is 0.424. The Bertz CT molecular complexity index is 2110. The first kappa shape index (κ1) is 37.6. The minimum atomic E-state index is 0. The topological polar surface area (TPSA) is 51.6 Å². The smallest absolute Gasteiger partial charge is 0.0876 e. The van der Waals surface area contributed by atoms with Gasteiger partial charge in [-0.3, -0.25) is 19.9 Å². The number of nitrogens with zero attached hydrogens (tertiary/aromatic N) is 4. The van der Waals surface area contributed by atoms with Crippen LogP contribution < -0.4 is 0 Å². The third kappa shape index (κ3) is 9.79. The summed E-state index contributed by atoms with van der Waals surface area (Å²) in [5.74, 6) is 0. The van der Waals surface area contributed by atoms with Crippen LogP contribution in [0.25, 0.3) is 64.5 Å². The fourth-order valence-corrected chi connectivity index (χ4v) is 7.31. The molecule has 0 spiro atoms. The first-order valence-corrected chi connectivity index (χ1v) is 17.4. The Morgan fingerprint density at radius 2 is 0.843 bits per heavy atom. The molecule has 4 nitrogen and oxygen atoms in total. The monoisotopic (exact) mass is 1080 g/mol. The maximum absolute atomic E-state index is 4.62. The first-order chi connectivity index (χ1) is 24.3. The zero-order valence-electron chi connectivity index (χ0n) is 27.0. The van der Waals surface area contributed by atoms with Crippen molar-refractivity contribution >= 4 is 33.8 Å². The fraction of sp³-hybridized carbons (Fsp3) is 0. The maximum Gasteiger partial charge on any atom is 0.0876 e. The molecule has 250 valence electrons. The van der Waals surface area contributed by atoms with Crippen molar-refractivity contribution in [2.24, 2.45) is 0 Å². The number of pyridine rings is 4. The van der Waals surface area contributed by atoms with Gasteiger partial charge in [-0.1, -0.05) is 53.6 Å². The number of benzene rings is 4. The van der Waals surface area contributed by atoms with Gasteiger partial charge in [0.25, 0.3) is 0 Å². The Balaban J connectivity index is 0.000000147. The standard InChI is InChI=1S/2C16H11N2.C12H6Se.2Pt/c1-3-10-17-15(8-1)13-6-5-7-14(12-13)16-9-2-4-11-18-16;1-2-7-13(8-3-1)14-10-6-11-16(18-14)15-9-4-5-12-17-15;1-3-7-11-9(5-1)10-6-2-4-8-12(10)13-11;;/h1-11H;1-7,9-12H;1-6H;;/q2*-1;-2;2*+2. The minimum absolute atomic E-state index is 0. The molecule has 7 heteroatoms. The second-order valence-electron chi connectivity index (χ2n) is 10.7. The van der Waals surface area contributed by atoms with Gasteiger partial charge >= 0.3 is 124 Å². The summed E-state index contributed by atoms with van der Waals surface area (Å²) in [5, 5.41) is 2.71. The molecule has 0 saturated heterocycles. The summed E-state index contributed by atoms with van der Waals surface area (Å²) in [5.41, 5.74) is 7.50. The van der Waals surface area contributed by atoms with E-state index in [1.54, 1.807) is 18.6 Å². The zero-order valence-corrected chi connectivity index (χ0v) is 33.3. The number of fused-ring (bicyclic) bond motifs is 3. The van der Waals surface area contributed by atoms with Gasteiger partial charge in [0.05, 0.1) is 11.4 Å². The molecule has 0 aliphatic rings. The molecule has 51 heavy (non-hydrogen) atoms. The molecule has 0 atom stereocenters. The van der Waals surface area contributed by atoms with Crippen molar-refractivity contribution in [3.8, 4) is 45.2 Å². The molecule has 0 radical (unpaired) electrons. The SMILES string of the molecule is [Pt+2].[Pt+2].[c-]1c(-c2ccccn2)cccc1-c1ccccn1.[c-]1cccc2c1[se]c1[c-]cccc12.[c-]1ccccc1-c1cccc(-c2ccccn2)n1. The summed E-state index contributed by atoms with van der Waals surface area (Å²) in [6.07, 6.45) is 5.35. The Kier molecular flexibility index (Phi) is 14.1. The number of hydrogen-bond acceptors (Lipinski definition) is 4. The molecular weight excluding hydrogens is 1050 g/mol. The molecule has 5 aromatic heterocycles. The summed E-state index contributed by atoms with van der Waals surface area (Å²) in [7, 11) is 0. The van der Waals surface area contributed by atoms with Crippen molar-refractivity contribution in [1.29, 1.82) is 0 Å². The molecule has 9 rings (SSSR count). The molecule has 5 heterocycles. The molecule has 0 aliphatic heterocycles. The van der Waals surface area contributed by atoms with E-state index in [1.165, 1.54) is 19.3 Å². The van der Waals surface area contributed by atoms with Crippen molar-refractivity contribution in [3.63, 3.8) is 0 Å². The fourth-order valence-electron chi connectivity index (χ4n) is 5.14. The number of hydrogen-bond donors (Lipinski definition) is 0. The molecule has 0 bridgehead atoms. The van der Waals surface area contributed by atoms with Gasteiger partial charge in [0.15, 0.2) is 0 Å². The van der Waals surface area contributed by atoms with E-state index >= 15 is 0 Å². The van der Waals surface area contributed by atoms with Crippen LogP contribution >= 0.6 is 0 Å². The van der Waals surface area contributed by atoms with Crippen LogP contribution in [-0.4, -0.2) is 34.4 Å². The van der Waals surface area contributed by atoms with Gasteiger partial charge in [0.2, 0.25) is 0 Å². The van der Waals surface area contributed by atoms with Gasteiger partial charge in [-0.2, -0.15) is 0 Å². The van der Waals surface area contributed by atoms with Crippen LogP contribution in [0.1, 0.15) is 0 Å². The van der Waals surface area contributed by atoms with Gasteiger partial charge in [0.1, 0.15) is 0 Å². The summed E-state index contributed by atoms with van der Waals surface area (Å²) in [6.45, 7) is 0. The van der Waals surface area contributed by atoms with Gasteiger partial charge in [0, 0.05) is 30.0 Å². The van der Waals surface area contributed by atoms with Gasteiger partial charge in [-0.25, -0.2) is 0 Å². The van der Waals surface area contributed by atoms with Crippen LogP contribution in [0.15, 0.2) is 170 Å². The average Bonchev–Trinajstić information content (AvgIpc) is 3.59. The summed E-state index contributed by atoms with van der Waals surface area (Å²) < 4.78 is 2.74. The molecule has 9 aromatic rings. The van der Waals surface area contributed by atoms with Crippen molar-refractivity contribution in [2.45, 2.75) is 0 Å². The van der Waals surface area contributed by atoms with Gasteiger partial charge in [-0.15, -0.1) is 60.2 Å². The van der Waals surface area contributed by atoms with E-state index in [4.69, 9.17) is 0 Å². The van der Waals surface area contributed by atoms with Crippen LogP contribution in [0.3, 0.4) is 0 Å². The summed E-state index contributed by atoms with van der Waals surface area (Å²) in [4.78, 5) is 17.6. The Hall–Kier alpha value is -4.62. The van der Waals surface area contributed by atoms with E-state index in [0.29, 0.717) is 14.5 Å². The van der Waals surface area contributed by atoms with E-state index in [0.717, 1.165) is 45.2 Å². The minimum Gasteiger partial charge on any atom is -0.295 e. The third-order valence-electron chi connectivity index (χ3n) is 7.47. The number of aromatic nitrogens is 4. The van der Waals surface area contributed by atoms with Crippen LogP contribution in [-0.2, 0) is 42.1 Å². The molecule has 0 fully saturated rings. The number of rotatable bonds is 4. The van der Waals surface area contributed by atoms with Crippen molar-refractivity contribution in [2.75, 3.05) is 0 Å². The molecule has 0 N–H and O–H groups in total. The van der Waals surface area contributed by atoms with E-state index in [1.807, 2.05) is 127 Å².